The van der Waals surface area contributed by atoms with Crippen LogP contribution in [-0.4, -0.2) is 24.9 Å². The highest BCUT2D eigenvalue weighted by molar-refractivity contribution is 9.10. The summed E-state index contributed by atoms with van der Waals surface area (Å²) in [6.45, 7) is 2.21. The molecule has 2 aromatic rings. The fourth-order valence-electron chi connectivity index (χ4n) is 3.05. The van der Waals surface area contributed by atoms with Crippen molar-refractivity contribution in [2.75, 3.05) is 22.9 Å². The molecule has 0 N–H and O–H groups in total. The third-order valence-corrected chi connectivity index (χ3v) is 4.90. The zero-order chi connectivity index (χ0) is 17.1. The Morgan fingerprint density at radius 2 is 1.83 bits per heavy atom. The first-order valence-corrected chi connectivity index (χ1v) is 8.78. The quantitative estimate of drug-likeness (QED) is 0.804. The maximum absolute atomic E-state index is 12.9. The summed E-state index contributed by atoms with van der Waals surface area (Å²) in [4.78, 5) is 28.3. The van der Waals surface area contributed by atoms with Crippen LogP contribution >= 0.6 is 15.9 Å². The number of anilines is 2. The monoisotopic (exact) mass is 386 g/mol. The van der Waals surface area contributed by atoms with Crippen molar-refractivity contribution in [1.82, 2.24) is 0 Å². The van der Waals surface area contributed by atoms with E-state index < -0.39 is 0 Å². The molecule has 5 heteroatoms. The number of carbonyl (C=O) groups excluding carboxylic acids is 2. The number of hydrogen-bond acceptors (Lipinski definition) is 2. The van der Waals surface area contributed by atoms with Gasteiger partial charge in [0.05, 0.1) is 5.69 Å². The Morgan fingerprint density at radius 1 is 1.12 bits per heavy atom. The van der Waals surface area contributed by atoms with E-state index in [2.05, 4.69) is 22.0 Å². The fraction of sp³-hybridized carbons (Fsp3) is 0.263. The molecule has 24 heavy (non-hydrogen) atoms. The van der Waals surface area contributed by atoms with E-state index in [1.807, 2.05) is 42.5 Å². The summed E-state index contributed by atoms with van der Waals surface area (Å²) in [5.74, 6) is -0.214. The predicted molar refractivity (Wildman–Crippen MR) is 99.3 cm³/mol. The number of carbonyl (C=O) groups is 2. The predicted octanol–water partition coefficient (Wildman–Crippen LogP) is 3.78. The number of para-hydroxylation sites is 2. The number of halogens is 1. The zero-order valence-electron chi connectivity index (χ0n) is 13.5. The van der Waals surface area contributed by atoms with E-state index in [0.717, 1.165) is 23.0 Å². The molecular formula is C19H19BrN2O2. The van der Waals surface area contributed by atoms with Crippen molar-refractivity contribution in [3.63, 3.8) is 0 Å². The lowest BCUT2D eigenvalue weighted by Gasteiger charge is -2.31. The molecule has 1 heterocycles. The van der Waals surface area contributed by atoms with Crippen LogP contribution in [-0.2, 0) is 16.0 Å². The Bertz CT molecular complexity index is 775. The van der Waals surface area contributed by atoms with Crippen LogP contribution in [0.5, 0.6) is 0 Å². The van der Waals surface area contributed by atoms with Crippen molar-refractivity contribution in [2.24, 2.45) is 0 Å². The molecule has 0 aliphatic carbocycles. The molecule has 0 spiro atoms. The van der Waals surface area contributed by atoms with Gasteiger partial charge in [0.25, 0.3) is 0 Å². The van der Waals surface area contributed by atoms with Crippen LogP contribution in [0.25, 0.3) is 0 Å². The van der Waals surface area contributed by atoms with Crippen LogP contribution in [0.1, 0.15) is 18.9 Å². The molecule has 0 saturated carbocycles. The van der Waals surface area contributed by atoms with Gasteiger partial charge in [-0.1, -0.05) is 30.3 Å². The number of hydrogen-bond donors (Lipinski definition) is 0. The van der Waals surface area contributed by atoms with Crippen LogP contribution < -0.4 is 9.80 Å². The fourth-order valence-corrected chi connectivity index (χ4v) is 3.55. The summed E-state index contributed by atoms with van der Waals surface area (Å²) >= 11 is 3.46. The van der Waals surface area contributed by atoms with Crippen molar-refractivity contribution >= 4 is 39.1 Å². The number of nitrogens with zero attached hydrogens (tertiary/aromatic N) is 2. The van der Waals surface area contributed by atoms with Gasteiger partial charge in [0, 0.05) is 23.6 Å². The Balaban J connectivity index is 1.86. The normalized spacial score (nSPS) is 13.3. The maximum Gasteiger partial charge on any atom is 0.247 e. The molecule has 1 aliphatic rings. The minimum Gasteiger partial charge on any atom is -0.311 e. The van der Waals surface area contributed by atoms with Gasteiger partial charge < -0.3 is 9.80 Å². The Labute approximate surface area is 150 Å². The molecule has 0 atom stereocenters. The molecule has 3 rings (SSSR count). The van der Waals surface area contributed by atoms with Crippen LogP contribution in [0.4, 0.5) is 11.4 Å². The lowest BCUT2D eigenvalue weighted by molar-refractivity contribution is -0.121. The molecule has 2 amide bonds. The van der Waals surface area contributed by atoms with E-state index in [9.17, 15) is 9.59 Å². The van der Waals surface area contributed by atoms with E-state index in [1.165, 1.54) is 17.4 Å². The number of aryl methyl sites for hydroxylation is 1. The maximum atomic E-state index is 12.9. The lowest BCUT2D eigenvalue weighted by atomic mass is 10.0. The largest absolute Gasteiger partial charge is 0.311 e. The second kappa shape index (κ2) is 7.18. The van der Waals surface area contributed by atoms with Gasteiger partial charge in [0.2, 0.25) is 11.8 Å². The van der Waals surface area contributed by atoms with Crippen LogP contribution in [0.2, 0.25) is 0 Å². The Morgan fingerprint density at radius 3 is 2.58 bits per heavy atom. The Kier molecular flexibility index (Phi) is 5.00. The highest BCUT2D eigenvalue weighted by Gasteiger charge is 2.25. The molecule has 0 bridgehead atoms. The first kappa shape index (κ1) is 16.7. The third-order valence-electron chi connectivity index (χ3n) is 4.23. The molecule has 1 aliphatic heterocycles. The van der Waals surface area contributed by atoms with E-state index in [4.69, 9.17) is 0 Å². The molecule has 0 unspecified atom stereocenters. The molecule has 0 fully saturated rings. The van der Waals surface area contributed by atoms with Crippen molar-refractivity contribution in [2.45, 2.75) is 19.8 Å². The number of fused-ring (bicyclic) bond motifs is 1. The second-order valence-electron chi connectivity index (χ2n) is 5.83. The highest BCUT2D eigenvalue weighted by Crippen LogP contribution is 2.29. The second-order valence-corrected chi connectivity index (χ2v) is 6.69. The van der Waals surface area contributed by atoms with Gasteiger partial charge in [-0.2, -0.15) is 0 Å². The van der Waals surface area contributed by atoms with Gasteiger partial charge in [0.15, 0.2) is 0 Å². The number of rotatable bonds is 3. The summed E-state index contributed by atoms with van der Waals surface area (Å²) in [5.41, 5.74) is 2.86. The van der Waals surface area contributed by atoms with Crippen molar-refractivity contribution < 1.29 is 9.59 Å². The van der Waals surface area contributed by atoms with E-state index >= 15 is 0 Å². The smallest absolute Gasteiger partial charge is 0.247 e. The first-order chi connectivity index (χ1) is 11.6. The summed E-state index contributed by atoms with van der Waals surface area (Å²) < 4.78 is 0.798. The summed E-state index contributed by atoms with van der Waals surface area (Å²) in [7, 11) is 0. The molecule has 2 aromatic carbocycles. The van der Waals surface area contributed by atoms with Gasteiger partial charge >= 0.3 is 0 Å². The van der Waals surface area contributed by atoms with E-state index in [0.29, 0.717) is 12.2 Å². The first-order valence-electron chi connectivity index (χ1n) is 7.99. The molecule has 0 aromatic heterocycles. The highest BCUT2D eigenvalue weighted by atomic mass is 79.9. The molecule has 0 radical (unpaired) electrons. The van der Waals surface area contributed by atoms with Crippen molar-refractivity contribution in [3.8, 4) is 0 Å². The van der Waals surface area contributed by atoms with Gasteiger partial charge in [-0.3, -0.25) is 9.59 Å². The zero-order valence-corrected chi connectivity index (χ0v) is 15.1. The van der Waals surface area contributed by atoms with Crippen molar-refractivity contribution in [3.05, 3.63) is 58.6 Å². The molecule has 4 nitrogen and oxygen atoms in total. The summed E-state index contributed by atoms with van der Waals surface area (Å²) in [5, 5.41) is 0. The third kappa shape index (κ3) is 3.36. The molecule has 124 valence electrons. The van der Waals surface area contributed by atoms with Gasteiger partial charge in [-0.25, -0.2) is 0 Å². The average Bonchev–Trinajstić information content (AvgIpc) is 2.59. The lowest BCUT2D eigenvalue weighted by Crippen LogP contribution is -2.44. The minimum absolute atomic E-state index is 0.0340. The van der Waals surface area contributed by atoms with Crippen LogP contribution in [0.3, 0.4) is 0 Å². The minimum atomic E-state index is -0.152. The summed E-state index contributed by atoms with van der Waals surface area (Å²) in [6.07, 6.45) is 1.93. The van der Waals surface area contributed by atoms with Gasteiger partial charge in [-0.05, 0) is 52.5 Å². The standard InChI is InChI=1S/C19H19BrN2O2/c1-14(23)22(18-11-5-3-9-16(18)20)13-19(24)21-12-6-8-15-7-2-4-10-17(15)21/h2-5,7,9-11H,6,8,12-13H2,1H3. The van der Waals surface area contributed by atoms with E-state index in [1.54, 1.807) is 4.90 Å². The van der Waals surface area contributed by atoms with Crippen LogP contribution in [0, 0.1) is 0 Å². The summed E-state index contributed by atoms with van der Waals surface area (Å²) in [6, 6.07) is 15.4. The number of amides is 2. The van der Waals surface area contributed by atoms with Crippen molar-refractivity contribution in [1.29, 1.82) is 0 Å². The van der Waals surface area contributed by atoms with Gasteiger partial charge in [-0.15, -0.1) is 0 Å². The average molecular weight is 387 g/mol. The van der Waals surface area contributed by atoms with Gasteiger partial charge in [0.1, 0.15) is 6.54 Å². The molecular weight excluding hydrogens is 368 g/mol. The van der Waals surface area contributed by atoms with Crippen LogP contribution in [0.15, 0.2) is 53.0 Å². The SMILES string of the molecule is CC(=O)N(CC(=O)N1CCCc2ccccc21)c1ccccc1Br. The molecule has 0 saturated heterocycles. The number of benzene rings is 2. The topological polar surface area (TPSA) is 40.6 Å². The van der Waals surface area contributed by atoms with E-state index in [-0.39, 0.29) is 18.4 Å². The Hall–Kier alpha value is -2.14.